The number of hydrogen-bond donors (Lipinski definition) is 2. The van der Waals surface area contributed by atoms with Crippen molar-refractivity contribution < 1.29 is 9.84 Å². The van der Waals surface area contributed by atoms with Crippen LogP contribution in [0.25, 0.3) is 22.5 Å². The molecule has 13 heteroatoms. The van der Waals surface area contributed by atoms with Gasteiger partial charge in [-0.2, -0.15) is 9.78 Å². The van der Waals surface area contributed by atoms with Crippen LogP contribution in [0.3, 0.4) is 0 Å². The van der Waals surface area contributed by atoms with E-state index >= 15 is 0 Å². The van der Waals surface area contributed by atoms with Crippen LogP contribution in [0.15, 0.2) is 64.8 Å². The van der Waals surface area contributed by atoms with Crippen LogP contribution in [-0.2, 0) is 31.2 Å². The van der Waals surface area contributed by atoms with E-state index in [1.54, 1.807) is 37.9 Å². The number of aromatic nitrogens is 6. The van der Waals surface area contributed by atoms with E-state index in [-0.39, 0.29) is 29.0 Å². The highest BCUT2D eigenvalue weighted by Crippen LogP contribution is 2.37. The zero-order chi connectivity index (χ0) is 34.0. The first-order valence-electron chi connectivity index (χ1n) is 16.8. The Balaban J connectivity index is 1.07. The summed E-state index contributed by atoms with van der Waals surface area (Å²) < 4.78 is 10.0. The molecule has 8 rings (SSSR count). The highest BCUT2D eigenvalue weighted by atomic mass is 16.5. The largest absolute Gasteiger partial charge is 0.392 e. The predicted octanol–water partition coefficient (Wildman–Crippen LogP) is 2.91. The summed E-state index contributed by atoms with van der Waals surface area (Å²) in [4.78, 5) is 41.0. The van der Waals surface area contributed by atoms with Crippen molar-refractivity contribution in [3.63, 3.8) is 0 Å². The molecule has 2 saturated heterocycles. The van der Waals surface area contributed by atoms with Gasteiger partial charge < -0.3 is 24.6 Å². The number of pyridine rings is 3. The van der Waals surface area contributed by atoms with Gasteiger partial charge in [-0.05, 0) is 66.6 Å². The first-order chi connectivity index (χ1) is 23.6. The second-order valence-corrected chi connectivity index (χ2v) is 14.4. The SMILES string of the molecule is C[C@H]1CN(C2COC2)CCN1c1ccc(Nc2cc(-c3ccnc(-n4ncn5c6c(cc5c4=O)CC(C)(C)C6)c3CO)cn(C)c2=O)nc1. The van der Waals surface area contributed by atoms with Crippen molar-refractivity contribution in [2.45, 2.75) is 52.3 Å². The minimum atomic E-state index is -0.390. The van der Waals surface area contributed by atoms with Crippen molar-refractivity contribution in [2.75, 3.05) is 43.1 Å². The average Bonchev–Trinajstić information content (AvgIpc) is 3.55. The Morgan fingerprint density at radius 3 is 2.61 bits per heavy atom. The van der Waals surface area contributed by atoms with Gasteiger partial charge >= 0.3 is 0 Å². The number of ether oxygens (including phenoxy) is 1. The maximum atomic E-state index is 13.8. The highest BCUT2D eigenvalue weighted by molar-refractivity contribution is 5.73. The molecular formula is C36H41N9O4. The molecule has 49 heavy (non-hydrogen) atoms. The summed E-state index contributed by atoms with van der Waals surface area (Å²) in [7, 11) is 1.68. The van der Waals surface area contributed by atoms with Gasteiger partial charge in [0.25, 0.3) is 11.1 Å². The number of fused-ring (bicyclic) bond motifs is 3. The molecule has 2 aliphatic heterocycles. The van der Waals surface area contributed by atoms with Crippen molar-refractivity contribution in [1.82, 2.24) is 33.6 Å². The van der Waals surface area contributed by atoms with Crippen LogP contribution < -0.4 is 21.3 Å². The molecule has 3 aliphatic rings. The summed E-state index contributed by atoms with van der Waals surface area (Å²) in [5.74, 6) is 0.783. The summed E-state index contributed by atoms with van der Waals surface area (Å²) in [6.07, 6.45) is 8.56. The Labute approximate surface area is 283 Å². The van der Waals surface area contributed by atoms with Crippen molar-refractivity contribution in [2.24, 2.45) is 12.5 Å². The van der Waals surface area contributed by atoms with E-state index in [0.29, 0.717) is 45.8 Å². The van der Waals surface area contributed by atoms with Crippen LogP contribution in [0.5, 0.6) is 0 Å². The molecule has 0 spiro atoms. The molecule has 5 aromatic rings. The molecule has 0 aromatic carbocycles. The lowest BCUT2D eigenvalue weighted by molar-refractivity contribution is -0.0691. The first kappa shape index (κ1) is 31.4. The summed E-state index contributed by atoms with van der Waals surface area (Å²) in [6, 6.07) is 10.2. The molecule has 1 atom stereocenters. The van der Waals surface area contributed by atoms with Gasteiger partial charge in [0.15, 0.2) is 5.82 Å². The fourth-order valence-corrected chi connectivity index (χ4v) is 7.65. The van der Waals surface area contributed by atoms with Gasteiger partial charge in [0.1, 0.15) is 23.3 Å². The van der Waals surface area contributed by atoms with Gasteiger partial charge in [-0.1, -0.05) is 13.8 Å². The molecule has 254 valence electrons. The molecule has 0 radical (unpaired) electrons. The van der Waals surface area contributed by atoms with Crippen LogP contribution in [-0.4, -0.2) is 83.7 Å². The van der Waals surface area contributed by atoms with Gasteiger partial charge in [-0.15, -0.1) is 0 Å². The lowest BCUT2D eigenvalue weighted by Crippen LogP contribution is -2.59. The number of hydrogen-bond acceptors (Lipinski definition) is 10. The molecule has 13 nitrogen and oxygen atoms in total. The van der Waals surface area contributed by atoms with E-state index in [1.807, 2.05) is 28.8 Å². The molecule has 1 aliphatic carbocycles. The van der Waals surface area contributed by atoms with Crippen molar-refractivity contribution in [3.8, 4) is 16.9 Å². The van der Waals surface area contributed by atoms with Gasteiger partial charge in [0.2, 0.25) is 0 Å². The summed E-state index contributed by atoms with van der Waals surface area (Å²) >= 11 is 0. The Bertz CT molecular complexity index is 2180. The molecule has 0 amide bonds. The fourth-order valence-electron chi connectivity index (χ4n) is 7.65. The highest BCUT2D eigenvalue weighted by Gasteiger charge is 2.33. The third-order valence-corrected chi connectivity index (χ3v) is 10.3. The van der Waals surface area contributed by atoms with E-state index < -0.39 is 0 Å². The van der Waals surface area contributed by atoms with Crippen molar-refractivity contribution in [1.29, 1.82) is 0 Å². The number of piperazine rings is 1. The Kier molecular flexibility index (Phi) is 7.65. The van der Waals surface area contributed by atoms with Crippen LogP contribution >= 0.6 is 0 Å². The Hall–Kier alpha value is -4.85. The number of nitrogens with one attached hydrogen (secondary N) is 1. The summed E-state index contributed by atoms with van der Waals surface area (Å²) in [5.41, 5.74) is 5.49. The number of aliphatic hydroxyl groups excluding tert-OH is 1. The lowest BCUT2D eigenvalue weighted by Gasteiger charge is -2.46. The summed E-state index contributed by atoms with van der Waals surface area (Å²) in [6.45, 7) is 10.8. The second-order valence-electron chi connectivity index (χ2n) is 14.4. The lowest BCUT2D eigenvalue weighted by atomic mass is 9.90. The third kappa shape index (κ3) is 5.51. The summed E-state index contributed by atoms with van der Waals surface area (Å²) in [5, 5.41) is 18.3. The van der Waals surface area contributed by atoms with Crippen LogP contribution in [0.4, 0.5) is 17.2 Å². The first-order valence-corrected chi connectivity index (χ1v) is 16.8. The van der Waals surface area contributed by atoms with Gasteiger partial charge in [0, 0.05) is 61.9 Å². The number of rotatable bonds is 7. The molecule has 0 bridgehead atoms. The normalized spacial score (nSPS) is 19.3. The van der Waals surface area contributed by atoms with Gasteiger partial charge in [-0.25, -0.2) is 9.97 Å². The minimum absolute atomic E-state index is 0.143. The van der Waals surface area contributed by atoms with E-state index in [4.69, 9.17) is 4.74 Å². The van der Waals surface area contributed by atoms with Crippen molar-refractivity contribution in [3.05, 3.63) is 92.8 Å². The third-order valence-electron chi connectivity index (χ3n) is 10.3. The number of anilines is 3. The van der Waals surface area contributed by atoms with Crippen molar-refractivity contribution >= 4 is 22.7 Å². The smallest absolute Gasteiger partial charge is 0.297 e. The Morgan fingerprint density at radius 2 is 1.90 bits per heavy atom. The Morgan fingerprint density at radius 1 is 1.06 bits per heavy atom. The van der Waals surface area contributed by atoms with Crippen LogP contribution in [0, 0.1) is 5.41 Å². The van der Waals surface area contributed by atoms with E-state index in [0.717, 1.165) is 62.6 Å². The molecule has 2 N–H and O–H groups in total. The average molecular weight is 664 g/mol. The number of nitrogens with zero attached hydrogens (tertiary/aromatic N) is 8. The quantitative estimate of drug-likeness (QED) is 0.268. The minimum Gasteiger partial charge on any atom is -0.392 e. The number of aryl methyl sites for hydroxylation is 1. The standard InChI is InChI=1S/C36H41N9O4/c1-22-16-42(26-19-49-20-26)9-10-43(22)25-5-6-32(38-15-25)40-29-11-24(17-41(4)34(29)47)27-7-8-37-33(28(27)18-46)45-35(48)30-12-23-13-36(2,3)14-31(23)44(30)21-39-45/h5-8,11-12,15,17,21-22,26,46H,9-10,13-14,16,18-20H2,1-4H3,(H,38,40)/t22-/m0/s1. The van der Waals surface area contributed by atoms with Crippen LogP contribution in [0.1, 0.15) is 37.6 Å². The second kappa shape index (κ2) is 11.9. The van der Waals surface area contributed by atoms with Gasteiger partial charge in [-0.3, -0.25) is 18.9 Å². The van der Waals surface area contributed by atoms with Gasteiger partial charge in [0.05, 0.1) is 37.7 Å². The molecule has 2 fully saturated rings. The number of aliphatic hydroxyl groups is 1. The zero-order valence-corrected chi connectivity index (χ0v) is 28.3. The topological polar surface area (TPSA) is 135 Å². The molecule has 7 heterocycles. The predicted molar refractivity (Wildman–Crippen MR) is 187 cm³/mol. The molecule has 0 unspecified atom stereocenters. The van der Waals surface area contributed by atoms with E-state index in [2.05, 4.69) is 51.0 Å². The monoisotopic (exact) mass is 663 g/mol. The zero-order valence-electron chi connectivity index (χ0n) is 28.3. The van der Waals surface area contributed by atoms with E-state index in [1.165, 1.54) is 9.25 Å². The van der Waals surface area contributed by atoms with Crippen LogP contribution in [0.2, 0.25) is 0 Å². The maximum Gasteiger partial charge on any atom is 0.297 e. The molecule has 0 saturated carbocycles. The molecule has 5 aromatic heterocycles. The molecular weight excluding hydrogens is 622 g/mol. The van der Waals surface area contributed by atoms with E-state index in [9.17, 15) is 14.7 Å². The maximum absolute atomic E-state index is 13.8. The fraction of sp³-hybridized carbons (Fsp3) is 0.417.